The van der Waals surface area contributed by atoms with E-state index in [0.717, 1.165) is 6.42 Å². The first-order chi connectivity index (χ1) is 7.01. The molecular formula is C9H18O5Si. The van der Waals surface area contributed by atoms with Gasteiger partial charge in [-0.2, -0.15) is 0 Å². The van der Waals surface area contributed by atoms with Crippen LogP contribution in [0.25, 0.3) is 0 Å². The van der Waals surface area contributed by atoms with Crippen LogP contribution in [0.2, 0.25) is 0 Å². The highest BCUT2D eigenvalue weighted by Crippen LogP contribution is 2.12. The molecule has 0 amide bonds. The first-order valence-electron chi connectivity index (χ1n) is 4.64. The van der Waals surface area contributed by atoms with E-state index in [1.807, 2.05) is 6.92 Å². The van der Waals surface area contributed by atoms with E-state index in [0.29, 0.717) is 6.61 Å². The average Bonchev–Trinajstić information content (AvgIpc) is 2.24. The molecule has 0 aliphatic rings. The van der Waals surface area contributed by atoms with Gasteiger partial charge in [0.25, 0.3) is 0 Å². The van der Waals surface area contributed by atoms with Crippen LogP contribution in [0, 0.1) is 0 Å². The largest absolute Gasteiger partial charge is 0.751 e. The zero-order valence-corrected chi connectivity index (χ0v) is 10.7. The number of rotatable bonds is 7. The Balaban J connectivity index is 4.48. The van der Waals surface area contributed by atoms with Gasteiger partial charge >= 0.3 is 15.0 Å². The Morgan fingerprint density at radius 3 is 2.20 bits per heavy atom. The molecule has 0 atom stereocenters. The zero-order valence-electron chi connectivity index (χ0n) is 9.66. The monoisotopic (exact) mass is 234 g/mol. The topological polar surface area (TPSA) is 54.0 Å². The molecule has 0 aliphatic heterocycles. The van der Waals surface area contributed by atoms with Gasteiger partial charge in [-0.25, -0.2) is 4.79 Å². The minimum atomic E-state index is -3.30. The minimum absolute atomic E-state index is 0.279. The van der Waals surface area contributed by atoms with Crippen LogP contribution in [0.5, 0.6) is 0 Å². The van der Waals surface area contributed by atoms with Gasteiger partial charge in [-0.3, -0.25) is 0 Å². The van der Waals surface area contributed by atoms with Crippen molar-refractivity contribution in [3.63, 3.8) is 0 Å². The van der Waals surface area contributed by atoms with Crippen LogP contribution in [-0.2, 0) is 22.5 Å². The molecule has 5 nitrogen and oxygen atoms in total. The first kappa shape index (κ1) is 14.3. The fourth-order valence-electron chi connectivity index (χ4n) is 0.742. The van der Waals surface area contributed by atoms with Crippen molar-refractivity contribution in [2.75, 3.05) is 20.8 Å². The highest BCUT2D eigenvalue weighted by molar-refractivity contribution is 6.55. The molecule has 0 aliphatic carbocycles. The fraction of sp³-hybridized carbons (Fsp3) is 0.667. The van der Waals surface area contributed by atoms with E-state index in [1.165, 1.54) is 14.2 Å². The highest BCUT2D eigenvalue weighted by Gasteiger charge is 2.47. The second-order valence-electron chi connectivity index (χ2n) is 2.93. The van der Waals surface area contributed by atoms with Gasteiger partial charge in [0.05, 0.1) is 0 Å². The SMILES string of the molecule is C=C(C)C(=O)O[Si](OC)(OC)OCCC. The predicted octanol–water partition coefficient (Wildman–Crippen LogP) is 1.26. The molecule has 6 heteroatoms. The van der Waals surface area contributed by atoms with Gasteiger partial charge in [0.2, 0.25) is 0 Å². The zero-order chi connectivity index (χ0) is 11.9. The molecule has 0 unspecified atom stereocenters. The summed E-state index contributed by atoms with van der Waals surface area (Å²) < 4.78 is 20.4. The second kappa shape index (κ2) is 6.73. The normalized spacial score (nSPS) is 11.2. The third-order valence-corrected chi connectivity index (χ3v) is 3.54. The lowest BCUT2D eigenvalue weighted by molar-refractivity contribution is -0.139. The number of carbonyl (C=O) groups is 1. The molecule has 0 saturated carbocycles. The first-order valence-corrected chi connectivity index (χ1v) is 6.27. The van der Waals surface area contributed by atoms with Crippen molar-refractivity contribution in [3.05, 3.63) is 12.2 Å². The van der Waals surface area contributed by atoms with E-state index in [9.17, 15) is 4.79 Å². The molecule has 0 N–H and O–H groups in total. The van der Waals surface area contributed by atoms with E-state index in [2.05, 4.69) is 6.58 Å². The maximum atomic E-state index is 11.3. The molecule has 0 aromatic heterocycles. The Kier molecular flexibility index (Phi) is 6.42. The maximum Gasteiger partial charge on any atom is 0.751 e. The summed E-state index contributed by atoms with van der Waals surface area (Å²) in [5.74, 6) is -0.568. The van der Waals surface area contributed by atoms with Crippen molar-refractivity contribution < 1.29 is 22.5 Å². The molecule has 0 aromatic rings. The van der Waals surface area contributed by atoms with Gasteiger partial charge in [0.15, 0.2) is 0 Å². The summed E-state index contributed by atoms with van der Waals surface area (Å²) in [5.41, 5.74) is 0.279. The van der Waals surface area contributed by atoms with Crippen LogP contribution >= 0.6 is 0 Å². The third-order valence-electron chi connectivity index (χ3n) is 1.55. The highest BCUT2D eigenvalue weighted by atomic mass is 28.4. The maximum absolute atomic E-state index is 11.3. The van der Waals surface area contributed by atoms with E-state index in [4.69, 9.17) is 17.7 Å². The van der Waals surface area contributed by atoms with Gasteiger partial charge < -0.3 is 17.7 Å². The fourth-order valence-corrected chi connectivity index (χ4v) is 2.23. The van der Waals surface area contributed by atoms with Crippen molar-refractivity contribution in [2.45, 2.75) is 20.3 Å². The van der Waals surface area contributed by atoms with Gasteiger partial charge in [0.1, 0.15) is 0 Å². The van der Waals surface area contributed by atoms with Crippen LogP contribution in [0.15, 0.2) is 12.2 Å². The molecule has 0 rings (SSSR count). The van der Waals surface area contributed by atoms with Crippen molar-refractivity contribution in [1.82, 2.24) is 0 Å². The van der Waals surface area contributed by atoms with Crippen molar-refractivity contribution in [2.24, 2.45) is 0 Å². The third kappa shape index (κ3) is 4.56. The molecule has 0 fully saturated rings. The lowest BCUT2D eigenvalue weighted by atomic mass is 10.4. The molecular weight excluding hydrogens is 216 g/mol. The molecule has 0 radical (unpaired) electrons. The molecule has 0 saturated heterocycles. The van der Waals surface area contributed by atoms with Crippen molar-refractivity contribution in [3.8, 4) is 0 Å². The van der Waals surface area contributed by atoms with Gasteiger partial charge in [-0.15, -0.1) is 0 Å². The predicted molar refractivity (Wildman–Crippen MR) is 56.9 cm³/mol. The second-order valence-corrected chi connectivity index (χ2v) is 5.24. The summed E-state index contributed by atoms with van der Waals surface area (Å²) >= 11 is 0. The lowest BCUT2D eigenvalue weighted by Crippen LogP contribution is -2.49. The molecule has 0 spiro atoms. The van der Waals surface area contributed by atoms with Gasteiger partial charge in [0, 0.05) is 26.4 Å². The van der Waals surface area contributed by atoms with Crippen molar-refractivity contribution in [1.29, 1.82) is 0 Å². The smallest absolute Gasteiger partial charge is 0.448 e. The summed E-state index contributed by atoms with van der Waals surface area (Å²) in [6.45, 7) is 7.37. The molecule has 0 bridgehead atoms. The Morgan fingerprint density at radius 1 is 1.33 bits per heavy atom. The number of hydrogen-bond acceptors (Lipinski definition) is 5. The Hall–Kier alpha value is -0.693. The summed E-state index contributed by atoms with van der Waals surface area (Å²) in [4.78, 5) is 11.3. The summed E-state index contributed by atoms with van der Waals surface area (Å²) in [6, 6.07) is 0. The summed E-state index contributed by atoms with van der Waals surface area (Å²) in [6.07, 6.45) is 0.784. The quantitative estimate of drug-likeness (QED) is 0.490. The van der Waals surface area contributed by atoms with Crippen LogP contribution in [0.4, 0.5) is 0 Å². The van der Waals surface area contributed by atoms with Crippen molar-refractivity contribution >= 4 is 15.0 Å². The van der Waals surface area contributed by atoms with Gasteiger partial charge in [-0.1, -0.05) is 13.5 Å². The number of hydrogen-bond donors (Lipinski definition) is 0. The van der Waals surface area contributed by atoms with E-state index in [1.54, 1.807) is 6.92 Å². The Morgan fingerprint density at radius 2 is 1.87 bits per heavy atom. The Labute approximate surface area is 91.5 Å². The minimum Gasteiger partial charge on any atom is -0.448 e. The van der Waals surface area contributed by atoms with E-state index < -0.39 is 15.0 Å². The molecule has 88 valence electrons. The van der Waals surface area contributed by atoms with E-state index >= 15 is 0 Å². The number of carbonyl (C=O) groups excluding carboxylic acids is 1. The van der Waals surface area contributed by atoms with Crippen LogP contribution in [0.3, 0.4) is 0 Å². The lowest BCUT2D eigenvalue weighted by Gasteiger charge is -2.23. The van der Waals surface area contributed by atoms with E-state index in [-0.39, 0.29) is 5.57 Å². The summed E-state index contributed by atoms with van der Waals surface area (Å²) in [7, 11) is -0.529. The molecule has 0 heterocycles. The molecule has 0 aromatic carbocycles. The molecule has 15 heavy (non-hydrogen) atoms. The standard InChI is InChI=1S/C9H18O5Si/c1-6-7-13-15(11-4,12-5)14-9(10)8(2)3/h2,6-7H2,1,3-5H3. The van der Waals surface area contributed by atoms with Crippen LogP contribution < -0.4 is 0 Å². The average molecular weight is 234 g/mol. The van der Waals surface area contributed by atoms with Crippen LogP contribution in [0.1, 0.15) is 20.3 Å². The summed E-state index contributed by atoms with van der Waals surface area (Å²) in [5, 5.41) is 0. The Bertz CT molecular complexity index is 225. The van der Waals surface area contributed by atoms with Crippen LogP contribution in [-0.4, -0.2) is 35.8 Å². The van der Waals surface area contributed by atoms with Gasteiger partial charge in [-0.05, 0) is 13.3 Å².